The number of carbonyl (C=O) groups is 1. The molecule has 2 heterocycles. The minimum Gasteiger partial charge on any atom is -0.354 e. The summed E-state index contributed by atoms with van der Waals surface area (Å²) in [7, 11) is 0. The number of carbonyl (C=O) groups excluding carboxylic acids is 1. The number of para-hydroxylation sites is 1. The zero-order valence-electron chi connectivity index (χ0n) is 13.9. The Morgan fingerprint density at radius 1 is 0.808 bits per heavy atom. The molecule has 0 spiro atoms. The zero-order chi connectivity index (χ0) is 17.5. The lowest BCUT2D eigenvalue weighted by Gasteiger charge is -2.02. The smallest absolute Gasteiger partial charge is 0.200 e. The standard InChI is InChI=1S/C23H15NOS/c25-23-17-11-5-7-13-20(17)26-21(23)14-18-16-10-4-6-12-19(16)24-22(18)15-8-2-1-3-9-15/h1-14,24H. The lowest BCUT2D eigenvalue weighted by atomic mass is 10.0. The van der Waals surface area contributed by atoms with Crippen molar-refractivity contribution in [3.05, 3.63) is 94.9 Å². The first-order valence-corrected chi connectivity index (χ1v) is 9.32. The van der Waals surface area contributed by atoms with Gasteiger partial charge in [0, 0.05) is 26.9 Å². The molecule has 0 atom stereocenters. The summed E-state index contributed by atoms with van der Waals surface area (Å²) in [5, 5.41) is 1.13. The van der Waals surface area contributed by atoms with Crippen LogP contribution in [0.3, 0.4) is 0 Å². The van der Waals surface area contributed by atoms with Crippen LogP contribution in [-0.2, 0) is 0 Å². The molecule has 124 valence electrons. The van der Waals surface area contributed by atoms with Gasteiger partial charge in [0.25, 0.3) is 0 Å². The molecule has 0 saturated carbocycles. The van der Waals surface area contributed by atoms with Crippen molar-refractivity contribution < 1.29 is 4.79 Å². The highest BCUT2D eigenvalue weighted by atomic mass is 32.2. The fourth-order valence-corrected chi connectivity index (χ4v) is 4.45. The number of ketones is 1. The molecule has 1 N–H and O–H groups in total. The number of allylic oxidation sites excluding steroid dienone is 1. The largest absolute Gasteiger partial charge is 0.354 e. The third-order valence-electron chi connectivity index (χ3n) is 4.66. The Morgan fingerprint density at radius 2 is 1.54 bits per heavy atom. The predicted octanol–water partition coefficient (Wildman–Crippen LogP) is 6.16. The normalized spacial score (nSPS) is 14.9. The second kappa shape index (κ2) is 6.04. The number of aromatic amines is 1. The average molecular weight is 353 g/mol. The molecule has 0 unspecified atom stereocenters. The summed E-state index contributed by atoms with van der Waals surface area (Å²) >= 11 is 1.55. The van der Waals surface area contributed by atoms with E-state index in [2.05, 4.69) is 29.2 Å². The molecule has 5 rings (SSSR count). The van der Waals surface area contributed by atoms with Crippen molar-refractivity contribution in [1.82, 2.24) is 4.98 Å². The quantitative estimate of drug-likeness (QED) is 0.437. The highest BCUT2D eigenvalue weighted by molar-refractivity contribution is 8.04. The van der Waals surface area contributed by atoms with Gasteiger partial charge in [0.05, 0.1) is 10.6 Å². The van der Waals surface area contributed by atoms with Crippen LogP contribution < -0.4 is 0 Å². The Balaban J connectivity index is 1.71. The average Bonchev–Trinajstić information content (AvgIpc) is 3.22. The van der Waals surface area contributed by atoms with Crippen molar-refractivity contribution in [2.75, 3.05) is 0 Å². The van der Waals surface area contributed by atoms with Gasteiger partial charge in [-0.3, -0.25) is 4.79 Å². The van der Waals surface area contributed by atoms with E-state index in [1.807, 2.05) is 60.7 Å². The van der Waals surface area contributed by atoms with E-state index < -0.39 is 0 Å². The number of rotatable bonds is 2. The molecule has 1 aliphatic rings. The van der Waals surface area contributed by atoms with Gasteiger partial charge in [-0.1, -0.05) is 72.4 Å². The fourth-order valence-electron chi connectivity index (χ4n) is 3.41. The van der Waals surface area contributed by atoms with Crippen molar-refractivity contribution in [2.45, 2.75) is 4.90 Å². The first-order valence-electron chi connectivity index (χ1n) is 8.51. The van der Waals surface area contributed by atoms with E-state index in [4.69, 9.17) is 0 Å². The first kappa shape index (κ1) is 15.2. The van der Waals surface area contributed by atoms with E-state index in [9.17, 15) is 4.79 Å². The van der Waals surface area contributed by atoms with Crippen LogP contribution >= 0.6 is 11.8 Å². The van der Waals surface area contributed by atoms with Crippen molar-refractivity contribution in [1.29, 1.82) is 0 Å². The number of fused-ring (bicyclic) bond motifs is 2. The van der Waals surface area contributed by atoms with Crippen molar-refractivity contribution in [3.63, 3.8) is 0 Å². The molecule has 0 radical (unpaired) electrons. The van der Waals surface area contributed by atoms with E-state index in [-0.39, 0.29) is 5.78 Å². The van der Waals surface area contributed by atoms with Crippen LogP contribution in [-0.4, -0.2) is 10.8 Å². The van der Waals surface area contributed by atoms with E-state index in [0.29, 0.717) is 0 Å². The number of aromatic nitrogens is 1. The highest BCUT2D eigenvalue weighted by Crippen LogP contribution is 2.42. The van der Waals surface area contributed by atoms with Crippen LogP contribution in [0, 0.1) is 0 Å². The summed E-state index contributed by atoms with van der Waals surface area (Å²) in [6, 6.07) is 26.3. The van der Waals surface area contributed by atoms with Crippen LogP contribution in [0.4, 0.5) is 0 Å². The fraction of sp³-hybridized carbons (Fsp3) is 0. The van der Waals surface area contributed by atoms with Gasteiger partial charge in [-0.2, -0.15) is 0 Å². The zero-order valence-corrected chi connectivity index (χ0v) is 14.7. The molecule has 0 fully saturated rings. The molecule has 1 aromatic heterocycles. The Kier molecular flexibility index (Phi) is 3.54. The van der Waals surface area contributed by atoms with Crippen molar-refractivity contribution in [2.24, 2.45) is 0 Å². The molecular formula is C23H15NOS. The minimum absolute atomic E-state index is 0.106. The number of hydrogen-bond donors (Lipinski definition) is 1. The van der Waals surface area contributed by atoms with Gasteiger partial charge in [0.15, 0.2) is 0 Å². The maximum absolute atomic E-state index is 12.8. The summed E-state index contributed by atoms with van der Waals surface area (Å²) in [4.78, 5) is 18.1. The monoisotopic (exact) mass is 353 g/mol. The Morgan fingerprint density at radius 3 is 2.38 bits per heavy atom. The molecule has 4 aromatic rings. The number of thioether (sulfide) groups is 1. The second-order valence-electron chi connectivity index (χ2n) is 6.26. The SMILES string of the molecule is O=C1C(=Cc2c(-c3ccccc3)[nH]c3ccccc23)Sc2ccccc21. The second-order valence-corrected chi connectivity index (χ2v) is 7.34. The van der Waals surface area contributed by atoms with Gasteiger partial charge in [-0.05, 0) is 29.8 Å². The van der Waals surface area contributed by atoms with Gasteiger partial charge in [-0.15, -0.1) is 0 Å². The van der Waals surface area contributed by atoms with Crippen LogP contribution in [0.25, 0.3) is 28.2 Å². The van der Waals surface area contributed by atoms with Crippen molar-refractivity contribution in [3.8, 4) is 11.3 Å². The molecule has 0 aliphatic carbocycles. The van der Waals surface area contributed by atoms with Crippen LogP contribution in [0.2, 0.25) is 0 Å². The van der Waals surface area contributed by atoms with Crippen LogP contribution in [0.15, 0.2) is 88.7 Å². The third kappa shape index (κ3) is 2.40. The van der Waals surface area contributed by atoms with E-state index >= 15 is 0 Å². The van der Waals surface area contributed by atoms with E-state index in [1.54, 1.807) is 11.8 Å². The number of nitrogens with one attached hydrogen (secondary N) is 1. The third-order valence-corrected chi connectivity index (χ3v) is 5.76. The van der Waals surface area contributed by atoms with E-state index in [0.717, 1.165) is 43.1 Å². The molecule has 26 heavy (non-hydrogen) atoms. The van der Waals surface area contributed by atoms with Gasteiger partial charge in [-0.25, -0.2) is 0 Å². The summed E-state index contributed by atoms with van der Waals surface area (Å²) < 4.78 is 0. The molecule has 0 saturated heterocycles. The topological polar surface area (TPSA) is 32.9 Å². The minimum atomic E-state index is 0.106. The van der Waals surface area contributed by atoms with Crippen molar-refractivity contribution >= 4 is 34.5 Å². The molecule has 1 aliphatic heterocycles. The summed E-state index contributed by atoms with van der Waals surface area (Å²) in [5.74, 6) is 0.106. The highest BCUT2D eigenvalue weighted by Gasteiger charge is 2.26. The predicted molar refractivity (Wildman–Crippen MR) is 108 cm³/mol. The first-order chi connectivity index (χ1) is 12.8. The molecule has 2 nitrogen and oxygen atoms in total. The van der Waals surface area contributed by atoms with Crippen LogP contribution in [0.1, 0.15) is 15.9 Å². The lowest BCUT2D eigenvalue weighted by Crippen LogP contribution is -1.93. The number of Topliss-reactive ketones (excluding diaryl/α,β-unsaturated/α-hetero) is 1. The van der Waals surface area contributed by atoms with Gasteiger partial charge >= 0.3 is 0 Å². The lowest BCUT2D eigenvalue weighted by molar-refractivity contribution is 0.104. The van der Waals surface area contributed by atoms with Crippen LogP contribution in [0.5, 0.6) is 0 Å². The summed E-state index contributed by atoms with van der Waals surface area (Å²) in [5.41, 5.74) is 5.10. The maximum Gasteiger partial charge on any atom is 0.200 e. The Labute approximate surface area is 155 Å². The Hall–Kier alpha value is -3.04. The Bertz CT molecular complexity index is 1170. The molecular weight excluding hydrogens is 338 g/mol. The summed E-state index contributed by atoms with van der Waals surface area (Å²) in [6.45, 7) is 0. The number of hydrogen-bond acceptors (Lipinski definition) is 2. The molecule has 0 amide bonds. The van der Waals surface area contributed by atoms with E-state index in [1.165, 1.54) is 0 Å². The molecule has 3 aromatic carbocycles. The maximum atomic E-state index is 12.8. The number of benzene rings is 3. The number of H-pyrrole nitrogens is 1. The summed E-state index contributed by atoms with van der Waals surface area (Å²) in [6.07, 6.45) is 2.04. The molecule has 3 heteroatoms. The molecule has 0 bridgehead atoms. The van der Waals surface area contributed by atoms with Gasteiger partial charge in [0.2, 0.25) is 5.78 Å². The van der Waals surface area contributed by atoms with Gasteiger partial charge in [0.1, 0.15) is 0 Å². The van der Waals surface area contributed by atoms with Gasteiger partial charge < -0.3 is 4.98 Å².